The average molecular weight is 456 g/mol. The third kappa shape index (κ3) is 5.50. The van der Waals surface area contributed by atoms with E-state index in [4.69, 9.17) is 14.2 Å². The summed E-state index contributed by atoms with van der Waals surface area (Å²) in [5.74, 6) is 0.665. The highest BCUT2D eigenvalue weighted by molar-refractivity contribution is 5.94. The van der Waals surface area contributed by atoms with Gasteiger partial charge in [0.15, 0.2) is 6.61 Å². The minimum Gasteiger partial charge on any atom is -0.497 e. The second-order valence-electron chi connectivity index (χ2n) is 7.66. The van der Waals surface area contributed by atoms with E-state index in [1.807, 2.05) is 36.4 Å². The van der Waals surface area contributed by atoms with Crippen molar-refractivity contribution in [3.05, 3.63) is 96.3 Å². The van der Waals surface area contributed by atoms with Crippen molar-refractivity contribution < 1.29 is 23.8 Å². The summed E-state index contributed by atoms with van der Waals surface area (Å²) in [6.45, 7) is 0.0143. The molecular weight excluding hydrogens is 432 g/mol. The molecule has 1 heterocycles. The van der Waals surface area contributed by atoms with Crippen LogP contribution >= 0.6 is 0 Å². The Hall–Kier alpha value is -4.39. The van der Waals surface area contributed by atoms with E-state index in [0.29, 0.717) is 18.0 Å². The number of ether oxygens (including phenoxy) is 3. The zero-order chi connectivity index (χ0) is 23.9. The summed E-state index contributed by atoms with van der Waals surface area (Å²) in [5, 5.41) is 2.11. The molecule has 34 heavy (non-hydrogen) atoms. The monoisotopic (exact) mass is 456 g/mol. The van der Waals surface area contributed by atoms with Gasteiger partial charge in [0, 0.05) is 19.8 Å². The average Bonchev–Trinajstić information content (AvgIpc) is 2.87. The lowest BCUT2D eigenvalue weighted by atomic mass is 10.1. The Morgan fingerprint density at radius 2 is 1.71 bits per heavy atom. The van der Waals surface area contributed by atoms with Crippen LogP contribution in [-0.2, 0) is 16.1 Å². The summed E-state index contributed by atoms with van der Waals surface area (Å²) >= 11 is 0. The Morgan fingerprint density at radius 3 is 2.50 bits per heavy atom. The third-order valence-electron chi connectivity index (χ3n) is 5.25. The summed E-state index contributed by atoms with van der Waals surface area (Å²) in [7, 11) is 3.31. The molecule has 4 rings (SSSR count). The molecule has 1 amide bonds. The van der Waals surface area contributed by atoms with Crippen molar-refractivity contribution in [3.63, 3.8) is 0 Å². The number of methoxy groups -OCH3 is 1. The van der Waals surface area contributed by atoms with Gasteiger partial charge >= 0.3 is 5.97 Å². The molecule has 1 aromatic heterocycles. The van der Waals surface area contributed by atoms with E-state index in [0.717, 1.165) is 22.1 Å². The maximum atomic E-state index is 12.6. The molecule has 0 spiro atoms. The Labute approximate surface area is 197 Å². The first kappa shape index (κ1) is 22.8. The van der Waals surface area contributed by atoms with Gasteiger partial charge in [-0.3, -0.25) is 9.78 Å². The zero-order valence-corrected chi connectivity index (χ0v) is 18.9. The first-order chi connectivity index (χ1) is 16.5. The molecule has 0 N–H and O–H groups in total. The lowest BCUT2D eigenvalue weighted by Crippen LogP contribution is -2.30. The number of rotatable bonds is 8. The molecule has 0 aliphatic rings. The fraction of sp³-hybridized carbons (Fsp3) is 0.148. The Kier molecular flexibility index (Phi) is 7.03. The van der Waals surface area contributed by atoms with Gasteiger partial charge in [-0.15, -0.1) is 0 Å². The number of likely N-dealkylation sites (N-methyl/N-ethyl adjacent to an activating group) is 1. The number of para-hydroxylation sites is 1. The van der Waals surface area contributed by atoms with E-state index >= 15 is 0 Å². The summed E-state index contributed by atoms with van der Waals surface area (Å²) in [6.07, 6.45) is 3.17. The molecule has 0 saturated heterocycles. The maximum absolute atomic E-state index is 12.6. The number of aromatic nitrogens is 1. The van der Waals surface area contributed by atoms with Crippen molar-refractivity contribution in [2.75, 3.05) is 20.8 Å². The van der Waals surface area contributed by atoms with Crippen LogP contribution in [0.4, 0.5) is 0 Å². The van der Waals surface area contributed by atoms with Gasteiger partial charge in [-0.1, -0.05) is 30.3 Å². The fourth-order valence-electron chi connectivity index (χ4n) is 3.43. The molecule has 0 aliphatic heterocycles. The van der Waals surface area contributed by atoms with Crippen molar-refractivity contribution in [1.82, 2.24) is 9.88 Å². The number of esters is 1. The fourth-order valence-corrected chi connectivity index (χ4v) is 3.43. The van der Waals surface area contributed by atoms with E-state index in [9.17, 15) is 9.59 Å². The number of benzene rings is 3. The minimum atomic E-state index is -0.638. The molecule has 0 saturated carbocycles. The minimum absolute atomic E-state index is 0.228. The van der Waals surface area contributed by atoms with E-state index in [1.165, 1.54) is 4.90 Å². The first-order valence-electron chi connectivity index (χ1n) is 10.7. The summed E-state index contributed by atoms with van der Waals surface area (Å²) in [5.41, 5.74) is 1.20. The van der Waals surface area contributed by atoms with Crippen molar-refractivity contribution in [2.24, 2.45) is 0 Å². The van der Waals surface area contributed by atoms with Gasteiger partial charge in [0.25, 0.3) is 5.91 Å². The standard InChI is InChI=1S/C27H24N2O5/c1-29(17-19-9-10-21-15-22(32-2)12-11-20(21)14-19)26(30)18-33-27(31)24-7-3-4-8-25(24)34-23-6-5-13-28-16-23/h3-16H,17-18H2,1-2H3. The van der Waals surface area contributed by atoms with E-state index in [-0.39, 0.29) is 18.1 Å². The van der Waals surface area contributed by atoms with Gasteiger partial charge in [0.1, 0.15) is 22.8 Å². The van der Waals surface area contributed by atoms with Crippen molar-refractivity contribution in [2.45, 2.75) is 6.54 Å². The molecule has 0 radical (unpaired) electrons. The lowest BCUT2D eigenvalue weighted by Gasteiger charge is -2.18. The predicted octanol–water partition coefficient (Wildman–Crippen LogP) is 4.85. The molecule has 0 unspecified atom stereocenters. The van der Waals surface area contributed by atoms with E-state index in [2.05, 4.69) is 4.98 Å². The van der Waals surface area contributed by atoms with E-state index in [1.54, 1.807) is 62.9 Å². The molecule has 7 nitrogen and oxygen atoms in total. The normalized spacial score (nSPS) is 10.5. The number of hydrogen-bond donors (Lipinski definition) is 0. The topological polar surface area (TPSA) is 78.0 Å². The Bertz CT molecular complexity index is 1310. The highest BCUT2D eigenvalue weighted by atomic mass is 16.5. The first-order valence-corrected chi connectivity index (χ1v) is 10.7. The van der Waals surface area contributed by atoms with Crippen LogP contribution in [0, 0.1) is 0 Å². The van der Waals surface area contributed by atoms with Gasteiger partial charge in [-0.05, 0) is 58.8 Å². The van der Waals surface area contributed by atoms with Crippen LogP contribution in [-0.4, -0.2) is 42.5 Å². The molecule has 7 heteroatoms. The van der Waals surface area contributed by atoms with Gasteiger partial charge in [0.2, 0.25) is 0 Å². The largest absolute Gasteiger partial charge is 0.497 e. The predicted molar refractivity (Wildman–Crippen MR) is 128 cm³/mol. The van der Waals surface area contributed by atoms with Gasteiger partial charge in [-0.2, -0.15) is 0 Å². The number of pyridine rings is 1. The summed E-state index contributed by atoms with van der Waals surface area (Å²) in [6, 6.07) is 22.0. The molecule has 0 atom stereocenters. The van der Waals surface area contributed by atoms with Crippen LogP contribution in [0.1, 0.15) is 15.9 Å². The van der Waals surface area contributed by atoms with E-state index < -0.39 is 5.97 Å². The molecule has 4 aromatic rings. The van der Waals surface area contributed by atoms with Crippen molar-refractivity contribution in [3.8, 4) is 17.2 Å². The molecule has 3 aromatic carbocycles. The zero-order valence-electron chi connectivity index (χ0n) is 18.9. The highest BCUT2D eigenvalue weighted by Crippen LogP contribution is 2.25. The molecular formula is C27H24N2O5. The Morgan fingerprint density at radius 1 is 0.912 bits per heavy atom. The number of carbonyl (C=O) groups is 2. The smallest absolute Gasteiger partial charge is 0.342 e. The third-order valence-corrected chi connectivity index (χ3v) is 5.25. The van der Waals surface area contributed by atoms with Crippen LogP contribution in [0.25, 0.3) is 10.8 Å². The molecule has 0 aliphatic carbocycles. The van der Waals surface area contributed by atoms with Crippen LogP contribution in [0.15, 0.2) is 85.2 Å². The lowest BCUT2D eigenvalue weighted by molar-refractivity contribution is -0.133. The highest BCUT2D eigenvalue weighted by Gasteiger charge is 2.18. The number of fused-ring (bicyclic) bond motifs is 1. The van der Waals surface area contributed by atoms with Gasteiger partial charge < -0.3 is 19.1 Å². The number of nitrogens with zero attached hydrogens (tertiary/aromatic N) is 2. The maximum Gasteiger partial charge on any atom is 0.342 e. The summed E-state index contributed by atoms with van der Waals surface area (Å²) in [4.78, 5) is 30.8. The van der Waals surface area contributed by atoms with Crippen LogP contribution < -0.4 is 9.47 Å². The molecule has 0 fully saturated rings. The second kappa shape index (κ2) is 10.5. The quantitative estimate of drug-likeness (QED) is 0.353. The van der Waals surface area contributed by atoms with Gasteiger partial charge in [-0.25, -0.2) is 4.79 Å². The number of hydrogen-bond acceptors (Lipinski definition) is 6. The van der Waals surface area contributed by atoms with Crippen molar-refractivity contribution in [1.29, 1.82) is 0 Å². The molecule has 172 valence electrons. The Balaban J connectivity index is 1.36. The molecule has 0 bridgehead atoms. The van der Waals surface area contributed by atoms with Crippen LogP contribution in [0.3, 0.4) is 0 Å². The number of amides is 1. The van der Waals surface area contributed by atoms with Crippen LogP contribution in [0.2, 0.25) is 0 Å². The SMILES string of the molecule is COc1ccc2cc(CN(C)C(=O)COC(=O)c3ccccc3Oc3cccnc3)ccc2c1. The summed E-state index contributed by atoms with van der Waals surface area (Å²) < 4.78 is 16.3. The van der Waals surface area contributed by atoms with Crippen molar-refractivity contribution >= 4 is 22.6 Å². The number of carbonyl (C=O) groups excluding carboxylic acids is 2. The van der Waals surface area contributed by atoms with Gasteiger partial charge in [0.05, 0.1) is 13.3 Å². The second-order valence-corrected chi connectivity index (χ2v) is 7.66. The van der Waals surface area contributed by atoms with Crippen LogP contribution in [0.5, 0.6) is 17.2 Å².